The smallest absolute Gasteiger partial charge is 0.416 e. The lowest BCUT2D eigenvalue weighted by Crippen LogP contribution is -2.60. The maximum absolute atomic E-state index is 14.9. The highest BCUT2D eigenvalue weighted by atomic mass is 35.5. The summed E-state index contributed by atoms with van der Waals surface area (Å²) in [7, 11) is 0. The van der Waals surface area contributed by atoms with Gasteiger partial charge in [0.25, 0.3) is 11.8 Å². The summed E-state index contributed by atoms with van der Waals surface area (Å²) in [6.07, 6.45) is -10.1. The zero-order valence-electron chi connectivity index (χ0n) is 25.3. The maximum atomic E-state index is 14.9. The number of carbonyl (C=O) groups excluding carboxylic acids is 4. The minimum Gasteiger partial charge on any atom is -0.505 e. The molecule has 17 heteroatoms. The molecule has 0 unspecified atom stereocenters. The number of phenolic OH excluding ortho intramolecular Hbond substituents is 1. The molecule has 0 radical (unpaired) electrons. The van der Waals surface area contributed by atoms with E-state index in [1.54, 1.807) is 0 Å². The highest BCUT2D eigenvalue weighted by Gasteiger charge is 2.76. The molecule has 51 heavy (non-hydrogen) atoms. The van der Waals surface area contributed by atoms with Crippen molar-refractivity contribution in [2.45, 2.75) is 40.9 Å². The average molecular weight is 759 g/mol. The zero-order valence-corrected chi connectivity index (χ0v) is 26.8. The van der Waals surface area contributed by atoms with E-state index < -0.39 is 110 Å². The standard InChI is InChI=1S/C34H20Cl2F8N2O5/c35-31-13-22-20(6-7-21-25(22)28(49)45(27(21)48)19-11-15(33(39,40)41)10-16(12-19)34(42,43)44)26(14-1-8-24(47)23(38)9-14)32(31,36)30(51)46(29(31)50)18-4-2-17(37)3-5-18/h1-6,8-12,21-22,25-26,47H,7,13H2/t21-,22+,25-,26-,31+,32-/m0/s1. The summed E-state index contributed by atoms with van der Waals surface area (Å²) < 4.78 is 111. The quantitative estimate of drug-likeness (QED) is 0.130. The average Bonchev–Trinajstić information content (AvgIpc) is 3.39. The minimum atomic E-state index is -5.29. The van der Waals surface area contributed by atoms with Crippen molar-refractivity contribution in [2.75, 3.05) is 9.80 Å². The van der Waals surface area contributed by atoms with Crippen LogP contribution in [0.3, 0.4) is 0 Å². The van der Waals surface area contributed by atoms with Gasteiger partial charge >= 0.3 is 12.4 Å². The molecule has 0 bridgehead atoms. The number of allylic oxidation sites excluding steroid dienone is 2. The summed E-state index contributed by atoms with van der Waals surface area (Å²) >= 11 is 14.3. The number of benzene rings is 3. The van der Waals surface area contributed by atoms with Crippen LogP contribution in [0.1, 0.15) is 35.4 Å². The predicted octanol–water partition coefficient (Wildman–Crippen LogP) is 7.48. The first kappa shape index (κ1) is 34.9. The van der Waals surface area contributed by atoms with Crippen LogP contribution in [0.2, 0.25) is 0 Å². The number of aromatic hydroxyl groups is 1. The lowest BCUT2D eigenvalue weighted by molar-refractivity contribution is -0.143. The number of fused-ring (bicyclic) bond motifs is 4. The van der Waals surface area contributed by atoms with E-state index in [1.165, 1.54) is 12.1 Å². The van der Waals surface area contributed by atoms with E-state index in [0.717, 1.165) is 36.4 Å². The van der Waals surface area contributed by atoms with Crippen molar-refractivity contribution in [1.29, 1.82) is 0 Å². The Morgan fingerprint density at radius 2 is 1.33 bits per heavy atom. The number of carbonyl (C=O) groups is 4. The molecular weight excluding hydrogens is 739 g/mol. The zero-order chi connectivity index (χ0) is 37.2. The number of hydrogen-bond acceptors (Lipinski definition) is 5. The van der Waals surface area contributed by atoms with Gasteiger partial charge in [0.05, 0.1) is 34.3 Å². The van der Waals surface area contributed by atoms with Crippen molar-refractivity contribution in [2.24, 2.45) is 17.8 Å². The van der Waals surface area contributed by atoms with E-state index in [-0.39, 0.29) is 46.3 Å². The van der Waals surface area contributed by atoms with Gasteiger partial charge in [-0.1, -0.05) is 17.7 Å². The number of amides is 4. The Bertz CT molecular complexity index is 2060. The van der Waals surface area contributed by atoms with Gasteiger partial charge in [-0.3, -0.25) is 19.2 Å². The first-order valence-corrected chi connectivity index (χ1v) is 15.8. The van der Waals surface area contributed by atoms with Crippen LogP contribution in [-0.4, -0.2) is 38.5 Å². The van der Waals surface area contributed by atoms with Gasteiger partial charge in [-0.15, -0.1) is 23.2 Å². The van der Waals surface area contributed by atoms with Gasteiger partial charge in [0.2, 0.25) is 11.8 Å². The number of nitrogens with zero attached hydrogens (tertiary/aromatic N) is 2. The molecular formula is C34H20Cl2F8N2O5. The second kappa shape index (κ2) is 11.2. The molecule has 266 valence electrons. The van der Waals surface area contributed by atoms with Crippen LogP contribution in [0.4, 0.5) is 46.5 Å². The Balaban J connectivity index is 1.38. The van der Waals surface area contributed by atoms with Crippen molar-refractivity contribution in [3.8, 4) is 5.75 Å². The summed E-state index contributed by atoms with van der Waals surface area (Å²) in [5.74, 6) is -12.9. The fourth-order valence-electron chi connectivity index (χ4n) is 7.80. The van der Waals surface area contributed by atoms with Crippen LogP contribution in [-0.2, 0) is 31.5 Å². The molecule has 0 spiro atoms. The van der Waals surface area contributed by atoms with Crippen molar-refractivity contribution in [3.63, 3.8) is 0 Å². The van der Waals surface area contributed by atoms with Crippen LogP contribution in [0, 0.1) is 29.4 Å². The van der Waals surface area contributed by atoms with Crippen LogP contribution in [0.5, 0.6) is 5.75 Å². The molecule has 2 aliphatic carbocycles. The summed E-state index contributed by atoms with van der Waals surface area (Å²) in [6, 6.07) is 7.38. The van der Waals surface area contributed by atoms with E-state index in [4.69, 9.17) is 23.2 Å². The van der Waals surface area contributed by atoms with Crippen LogP contribution in [0.25, 0.3) is 0 Å². The number of rotatable bonds is 3. The van der Waals surface area contributed by atoms with E-state index in [2.05, 4.69) is 0 Å². The lowest BCUT2D eigenvalue weighted by atomic mass is 9.56. The first-order valence-electron chi connectivity index (χ1n) is 15.1. The molecule has 2 heterocycles. The Morgan fingerprint density at radius 3 is 1.90 bits per heavy atom. The van der Waals surface area contributed by atoms with E-state index in [9.17, 15) is 59.4 Å². The van der Waals surface area contributed by atoms with Crippen LogP contribution in [0.15, 0.2) is 72.3 Å². The number of alkyl halides is 8. The topological polar surface area (TPSA) is 95.0 Å². The third-order valence-electron chi connectivity index (χ3n) is 10.0. The Labute approximate surface area is 292 Å². The van der Waals surface area contributed by atoms with E-state index in [1.807, 2.05) is 0 Å². The molecule has 4 aliphatic rings. The second-order valence-corrected chi connectivity index (χ2v) is 14.0. The summed E-state index contributed by atoms with van der Waals surface area (Å²) in [4.78, 5) is 52.3. The Kier molecular flexibility index (Phi) is 7.70. The molecule has 4 amide bonds. The molecule has 1 N–H and O–H groups in total. The number of anilines is 2. The van der Waals surface area contributed by atoms with E-state index >= 15 is 0 Å². The Morgan fingerprint density at radius 1 is 0.725 bits per heavy atom. The van der Waals surface area contributed by atoms with Crippen LogP contribution >= 0.6 is 23.2 Å². The largest absolute Gasteiger partial charge is 0.505 e. The molecule has 2 saturated heterocycles. The summed E-state index contributed by atoms with van der Waals surface area (Å²) in [6.45, 7) is 0. The van der Waals surface area contributed by atoms with Gasteiger partial charge < -0.3 is 5.11 Å². The minimum absolute atomic E-state index is 0.0943. The van der Waals surface area contributed by atoms with Gasteiger partial charge in [0.1, 0.15) is 5.82 Å². The molecule has 6 atom stereocenters. The number of hydrogen-bond donors (Lipinski definition) is 1. The molecule has 0 aromatic heterocycles. The molecule has 3 aromatic rings. The third-order valence-corrected chi connectivity index (χ3v) is 11.4. The number of imide groups is 2. The van der Waals surface area contributed by atoms with Gasteiger partial charge in [-0.05, 0) is 78.9 Å². The molecule has 7 rings (SSSR count). The molecule has 3 aromatic carbocycles. The van der Waals surface area contributed by atoms with Gasteiger partial charge in [-0.25, -0.2) is 18.6 Å². The third kappa shape index (κ3) is 4.98. The summed E-state index contributed by atoms with van der Waals surface area (Å²) in [5, 5.41) is 9.91. The van der Waals surface area contributed by atoms with Crippen molar-refractivity contribution in [1.82, 2.24) is 0 Å². The monoisotopic (exact) mass is 758 g/mol. The fraction of sp³-hybridized carbons (Fsp3) is 0.294. The predicted molar refractivity (Wildman–Crippen MR) is 164 cm³/mol. The van der Waals surface area contributed by atoms with Crippen molar-refractivity contribution in [3.05, 3.63) is 101 Å². The van der Waals surface area contributed by atoms with Gasteiger partial charge in [-0.2, -0.15) is 26.3 Å². The molecule has 2 aliphatic heterocycles. The number of halogens is 10. The maximum Gasteiger partial charge on any atom is 0.416 e. The number of phenols is 1. The van der Waals surface area contributed by atoms with E-state index in [0.29, 0.717) is 4.90 Å². The Hall–Kier alpha value is -4.50. The molecule has 7 nitrogen and oxygen atoms in total. The fourth-order valence-corrected chi connectivity index (χ4v) is 8.73. The van der Waals surface area contributed by atoms with Gasteiger partial charge in [0, 0.05) is 5.92 Å². The van der Waals surface area contributed by atoms with Crippen molar-refractivity contribution >= 4 is 58.2 Å². The lowest BCUT2D eigenvalue weighted by Gasteiger charge is -2.50. The van der Waals surface area contributed by atoms with Crippen LogP contribution < -0.4 is 9.80 Å². The SMILES string of the molecule is O=C1[C@H]2[C@H](CC=C3[C@H]2C[C@@]2(Cl)C(=O)N(c4ccc(F)cc4)C(=O)[C@@]2(Cl)[C@H]3c2ccc(O)c(F)c2)C(=O)N1c1cc(C(F)(F)F)cc(C(F)(F)F)c1. The van der Waals surface area contributed by atoms with Gasteiger partial charge in [0.15, 0.2) is 21.3 Å². The first-order chi connectivity index (χ1) is 23.7. The molecule has 3 fully saturated rings. The van der Waals surface area contributed by atoms with Crippen molar-refractivity contribution < 1.29 is 59.4 Å². The molecule has 1 saturated carbocycles. The highest BCUT2D eigenvalue weighted by Crippen LogP contribution is 2.66. The highest BCUT2D eigenvalue weighted by molar-refractivity contribution is 6.58. The second-order valence-electron chi connectivity index (χ2n) is 12.7. The summed E-state index contributed by atoms with van der Waals surface area (Å²) in [5.41, 5.74) is -4.64. The normalized spacial score (nSPS) is 29.3.